The Hall–Kier alpha value is -2.60. The largest absolute Gasteiger partial charge is 0.486 e. The number of benzene rings is 1. The van der Waals surface area contributed by atoms with Crippen LogP contribution in [0.2, 0.25) is 0 Å². The minimum Gasteiger partial charge on any atom is -0.486 e. The van der Waals surface area contributed by atoms with E-state index >= 15 is 0 Å². The first-order valence-electron chi connectivity index (χ1n) is 12.6. The number of ether oxygens (including phenoxy) is 1. The second kappa shape index (κ2) is 8.26. The third kappa shape index (κ3) is 3.96. The number of hydrogen-bond donors (Lipinski definition) is 1. The average molecular weight is 463 g/mol. The lowest BCUT2D eigenvalue weighted by molar-refractivity contribution is 0.0276. The fourth-order valence-corrected chi connectivity index (χ4v) is 5.83. The molecular formula is C28H38N4O2. The van der Waals surface area contributed by atoms with Gasteiger partial charge in [0.2, 0.25) is 0 Å². The van der Waals surface area contributed by atoms with E-state index in [1.165, 1.54) is 24.0 Å². The van der Waals surface area contributed by atoms with E-state index in [4.69, 9.17) is 10.5 Å². The van der Waals surface area contributed by atoms with Crippen molar-refractivity contribution in [2.45, 2.75) is 70.9 Å². The lowest BCUT2D eigenvalue weighted by Crippen LogP contribution is -2.48. The van der Waals surface area contributed by atoms with Crippen LogP contribution in [0.25, 0.3) is 0 Å². The second-order valence-electron chi connectivity index (χ2n) is 11.6. The van der Waals surface area contributed by atoms with Gasteiger partial charge in [0.05, 0.1) is 11.9 Å². The minimum atomic E-state index is -0.204. The first-order valence-corrected chi connectivity index (χ1v) is 12.6. The van der Waals surface area contributed by atoms with E-state index in [1.54, 1.807) is 18.3 Å². The lowest BCUT2D eigenvalue weighted by atomic mass is 9.71. The molecule has 0 aliphatic carbocycles. The summed E-state index contributed by atoms with van der Waals surface area (Å²) in [6.45, 7) is 13.7. The Balaban J connectivity index is 1.18. The van der Waals surface area contributed by atoms with Crippen LogP contribution in [0.15, 0.2) is 36.5 Å². The molecular weight excluding hydrogens is 424 g/mol. The molecule has 1 spiro atoms. The molecule has 0 atom stereocenters. The van der Waals surface area contributed by atoms with Crippen molar-refractivity contribution in [1.29, 1.82) is 0 Å². The molecule has 2 saturated heterocycles. The van der Waals surface area contributed by atoms with Gasteiger partial charge in [0, 0.05) is 36.2 Å². The fraction of sp³-hybridized carbons (Fsp3) is 0.571. The highest BCUT2D eigenvalue weighted by Gasteiger charge is 2.48. The molecule has 0 unspecified atom stereocenters. The monoisotopic (exact) mass is 462 g/mol. The summed E-state index contributed by atoms with van der Waals surface area (Å²) in [5.74, 6) is 1.12. The topological polar surface area (TPSA) is 71.7 Å². The summed E-state index contributed by atoms with van der Waals surface area (Å²) in [6, 6.07) is 10.1. The number of amides is 1. The Morgan fingerprint density at radius 2 is 1.68 bits per heavy atom. The number of fused-ring (bicyclic) bond motifs is 1. The van der Waals surface area contributed by atoms with Crippen molar-refractivity contribution >= 4 is 11.6 Å². The summed E-state index contributed by atoms with van der Waals surface area (Å²) in [5.41, 5.74) is 9.58. The molecule has 6 nitrogen and oxygen atoms in total. The van der Waals surface area contributed by atoms with E-state index in [0.29, 0.717) is 16.8 Å². The maximum absolute atomic E-state index is 12.8. The third-order valence-electron chi connectivity index (χ3n) is 9.06. The van der Waals surface area contributed by atoms with Crippen LogP contribution in [-0.2, 0) is 12.0 Å². The molecule has 4 heterocycles. The van der Waals surface area contributed by atoms with Crippen molar-refractivity contribution in [3.8, 4) is 5.75 Å². The second-order valence-corrected chi connectivity index (χ2v) is 11.6. The summed E-state index contributed by atoms with van der Waals surface area (Å²) in [6.07, 6.45) is 6.11. The highest BCUT2D eigenvalue weighted by Crippen LogP contribution is 2.50. The molecule has 182 valence electrons. The third-order valence-corrected chi connectivity index (χ3v) is 9.06. The number of pyridine rings is 1. The first kappa shape index (κ1) is 23.2. The van der Waals surface area contributed by atoms with Crippen LogP contribution >= 0.6 is 0 Å². The number of nitrogens with zero attached hydrogens (tertiary/aromatic N) is 3. The number of carbonyl (C=O) groups excluding carboxylic acids is 1. The first-order chi connectivity index (χ1) is 16.1. The zero-order valence-electron chi connectivity index (χ0n) is 21.1. The SMILES string of the molecule is CC1(C)Oc2c(CN3CCC4(CC3)CCN(C(=O)c3ccc(N)cn3)CC4)cccc2C1(C)C. The molecule has 5 rings (SSSR count). The van der Waals surface area contributed by atoms with Crippen molar-refractivity contribution in [2.24, 2.45) is 5.41 Å². The molecule has 2 fully saturated rings. The summed E-state index contributed by atoms with van der Waals surface area (Å²) in [7, 11) is 0. The molecule has 0 bridgehead atoms. The number of nitrogen functional groups attached to an aromatic ring is 1. The number of anilines is 1. The average Bonchev–Trinajstić information content (AvgIpc) is 3.01. The lowest BCUT2D eigenvalue weighted by Gasteiger charge is -2.47. The maximum Gasteiger partial charge on any atom is 0.272 e. The number of piperidine rings is 2. The van der Waals surface area contributed by atoms with Gasteiger partial charge in [-0.15, -0.1) is 0 Å². The number of rotatable bonds is 3. The van der Waals surface area contributed by atoms with Crippen LogP contribution < -0.4 is 10.5 Å². The van der Waals surface area contributed by atoms with Gasteiger partial charge in [0.15, 0.2) is 0 Å². The van der Waals surface area contributed by atoms with Crippen LogP contribution in [0, 0.1) is 5.41 Å². The van der Waals surface area contributed by atoms with Gasteiger partial charge in [-0.1, -0.05) is 32.0 Å². The number of nitrogens with two attached hydrogens (primary N) is 1. The van der Waals surface area contributed by atoms with Gasteiger partial charge in [0.25, 0.3) is 5.91 Å². The van der Waals surface area contributed by atoms with E-state index in [0.717, 1.165) is 51.3 Å². The Kier molecular flexibility index (Phi) is 5.63. The van der Waals surface area contributed by atoms with Crippen molar-refractivity contribution < 1.29 is 9.53 Å². The summed E-state index contributed by atoms with van der Waals surface area (Å²) in [5, 5.41) is 0. The van der Waals surface area contributed by atoms with Gasteiger partial charge in [0.1, 0.15) is 17.0 Å². The molecule has 1 aromatic carbocycles. The minimum absolute atomic E-state index is 0.00240. The molecule has 3 aliphatic heterocycles. The van der Waals surface area contributed by atoms with Crippen LogP contribution in [0.5, 0.6) is 5.75 Å². The molecule has 2 N–H and O–H groups in total. The van der Waals surface area contributed by atoms with Crippen molar-refractivity contribution in [3.05, 3.63) is 53.3 Å². The van der Waals surface area contributed by atoms with Gasteiger partial charge in [-0.05, 0) is 70.2 Å². The Morgan fingerprint density at radius 3 is 2.32 bits per heavy atom. The van der Waals surface area contributed by atoms with Gasteiger partial charge < -0.3 is 15.4 Å². The molecule has 6 heteroatoms. The van der Waals surface area contributed by atoms with Crippen molar-refractivity contribution in [2.75, 3.05) is 31.9 Å². The predicted molar refractivity (Wildman–Crippen MR) is 135 cm³/mol. The predicted octanol–water partition coefficient (Wildman–Crippen LogP) is 4.63. The highest BCUT2D eigenvalue weighted by molar-refractivity contribution is 5.92. The van der Waals surface area contributed by atoms with Crippen LogP contribution in [0.1, 0.15) is 75.0 Å². The zero-order valence-corrected chi connectivity index (χ0v) is 21.1. The standard InChI is InChI=1S/C28H38N4O2/c1-26(2)22-7-5-6-20(24(22)34-27(26,3)4)19-31-14-10-28(11-15-31)12-16-32(17-13-28)25(33)23-9-8-21(29)18-30-23/h5-9,18H,10-17,19,29H2,1-4H3. The van der Waals surface area contributed by atoms with Crippen molar-refractivity contribution in [1.82, 2.24) is 14.8 Å². The van der Waals surface area contributed by atoms with Gasteiger partial charge in [-0.3, -0.25) is 9.69 Å². The summed E-state index contributed by atoms with van der Waals surface area (Å²) in [4.78, 5) is 21.6. The van der Waals surface area contributed by atoms with Crippen LogP contribution in [-0.4, -0.2) is 52.5 Å². The molecule has 1 aromatic heterocycles. The fourth-order valence-electron chi connectivity index (χ4n) is 5.83. The quantitative estimate of drug-likeness (QED) is 0.720. The normalized spacial score (nSPS) is 22.9. The summed E-state index contributed by atoms with van der Waals surface area (Å²) >= 11 is 0. The van der Waals surface area contributed by atoms with Gasteiger partial charge in [-0.2, -0.15) is 0 Å². The smallest absolute Gasteiger partial charge is 0.272 e. The van der Waals surface area contributed by atoms with Crippen LogP contribution in [0.4, 0.5) is 5.69 Å². The van der Waals surface area contributed by atoms with Crippen LogP contribution in [0.3, 0.4) is 0 Å². The van der Waals surface area contributed by atoms with Gasteiger partial charge in [-0.25, -0.2) is 4.98 Å². The number of likely N-dealkylation sites (tertiary alicyclic amines) is 2. The molecule has 34 heavy (non-hydrogen) atoms. The number of para-hydroxylation sites is 1. The van der Waals surface area contributed by atoms with Gasteiger partial charge >= 0.3 is 0 Å². The number of hydrogen-bond acceptors (Lipinski definition) is 5. The Labute approximate surface area is 203 Å². The molecule has 3 aliphatic rings. The highest BCUT2D eigenvalue weighted by atomic mass is 16.5. The Morgan fingerprint density at radius 1 is 1.00 bits per heavy atom. The zero-order chi connectivity index (χ0) is 24.1. The molecule has 0 saturated carbocycles. The van der Waals surface area contributed by atoms with E-state index in [1.807, 2.05) is 4.90 Å². The number of aromatic nitrogens is 1. The summed E-state index contributed by atoms with van der Waals surface area (Å²) < 4.78 is 6.49. The molecule has 1 amide bonds. The molecule has 0 radical (unpaired) electrons. The Bertz CT molecular complexity index is 1060. The number of carbonyl (C=O) groups is 1. The van der Waals surface area contributed by atoms with E-state index in [9.17, 15) is 4.79 Å². The van der Waals surface area contributed by atoms with E-state index in [2.05, 4.69) is 55.8 Å². The molecule has 2 aromatic rings. The van der Waals surface area contributed by atoms with E-state index < -0.39 is 0 Å². The maximum atomic E-state index is 12.8. The van der Waals surface area contributed by atoms with Crippen molar-refractivity contribution in [3.63, 3.8) is 0 Å². The van der Waals surface area contributed by atoms with E-state index in [-0.39, 0.29) is 16.9 Å².